The second-order valence-corrected chi connectivity index (χ2v) is 15.2. The minimum Gasteiger partial charge on any atom is -0.458 e. The van der Waals surface area contributed by atoms with E-state index in [1.54, 1.807) is 5.57 Å². The molecule has 0 heterocycles. The van der Waals surface area contributed by atoms with Crippen LogP contribution in [0.15, 0.2) is 72.3 Å². The average Bonchev–Trinajstić information content (AvgIpc) is 3.38. The van der Waals surface area contributed by atoms with E-state index in [4.69, 9.17) is 4.74 Å². The predicted molar refractivity (Wildman–Crippen MR) is 184 cm³/mol. The van der Waals surface area contributed by atoms with Gasteiger partial charge >= 0.3 is 5.97 Å². The summed E-state index contributed by atoms with van der Waals surface area (Å²) in [6, 6.07) is 20.1. The monoisotopic (exact) mass is 592 g/mol. The van der Waals surface area contributed by atoms with Crippen molar-refractivity contribution in [2.75, 3.05) is 0 Å². The number of hydrogen-bond acceptors (Lipinski definition) is 2. The van der Waals surface area contributed by atoms with Crippen molar-refractivity contribution in [3.05, 3.63) is 83.4 Å². The summed E-state index contributed by atoms with van der Waals surface area (Å²) in [5, 5.41) is 0. The molecule has 4 aliphatic rings. The third-order valence-electron chi connectivity index (χ3n) is 12.9. The first kappa shape index (κ1) is 31.4. The molecule has 2 nitrogen and oxygen atoms in total. The second-order valence-electron chi connectivity index (χ2n) is 15.2. The summed E-state index contributed by atoms with van der Waals surface area (Å²) in [6.45, 7) is 7.57. The van der Waals surface area contributed by atoms with Gasteiger partial charge in [-0.2, -0.15) is 0 Å². The van der Waals surface area contributed by atoms with E-state index < -0.39 is 0 Å². The fourth-order valence-corrected chi connectivity index (χ4v) is 10.3. The van der Waals surface area contributed by atoms with Crippen molar-refractivity contribution < 1.29 is 9.53 Å². The molecule has 0 saturated heterocycles. The van der Waals surface area contributed by atoms with Gasteiger partial charge in [0.05, 0.1) is 5.57 Å². The molecule has 4 aliphatic carbocycles. The van der Waals surface area contributed by atoms with Crippen molar-refractivity contribution in [2.24, 2.45) is 34.5 Å². The van der Waals surface area contributed by atoms with Crippen molar-refractivity contribution in [2.45, 2.75) is 123 Å². The standard InChI is InChI=1S/C42H56O2/c1-4-5-6-7-8-15-20-33-22-24-38-36-23-21-34-30-35(25-27-42(34,3)39(36)26-28-41(33,38)2)44-40(43)37(32-18-13-10-14-19-32)29-31-16-11-9-12-17-31/h9-14,16-19,21,29,33,35-36,38-39H,4-8,15,20,22-28,30H2,1-3H3/b37-29+/t33-,35-,36-,38-,39-,41+,42-/m0/s1. The van der Waals surface area contributed by atoms with Crippen molar-refractivity contribution in [1.82, 2.24) is 0 Å². The Hall–Kier alpha value is -2.61. The molecule has 0 amide bonds. The third kappa shape index (κ3) is 6.38. The van der Waals surface area contributed by atoms with E-state index in [1.807, 2.05) is 66.7 Å². The molecule has 0 radical (unpaired) electrons. The zero-order valence-electron chi connectivity index (χ0n) is 27.7. The number of ether oxygens (including phenoxy) is 1. The van der Waals surface area contributed by atoms with E-state index in [2.05, 4.69) is 26.8 Å². The smallest absolute Gasteiger partial charge is 0.339 e. The van der Waals surface area contributed by atoms with Gasteiger partial charge < -0.3 is 4.74 Å². The molecule has 0 aliphatic heterocycles. The zero-order valence-corrected chi connectivity index (χ0v) is 27.7. The van der Waals surface area contributed by atoms with E-state index in [9.17, 15) is 4.79 Å². The van der Waals surface area contributed by atoms with Crippen molar-refractivity contribution in [3.8, 4) is 0 Å². The lowest BCUT2D eigenvalue weighted by molar-refractivity contribution is -0.144. The van der Waals surface area contributed by atoms with Crippen molar-refractivity contribution in [3.63, 3.8) is 0 Å². The summed E-state index contributed by atoms with van der Waals surface area (Å²) < 4.78 is 6.33. The first-order chi connectivity index (χ1) is 21.4. The summed E-state index contributed by atoms with van der Waals surface area (Å²) >= 11 is 0. The van der Waals surface area contributed by atoms with Gasteiger partial charge in [0.25, 0.3) is 0 Å². The van der Waals surface area contributed by atoms with Crippen LogP contribution in [0.4, 0.5) is 0 Å². The topological polar surface area (TPSA) is 26.3 Å². The first-order valence-electron chi connectivity index (χ1n) is 18.1. The molecule has 3 saturated carbocycles. The van der Waals surface area contributed by atoms with Crippen LogP contribution in [-0.4, -0.2) is 12.1 Å². The Kier molecular flexibility index (Phi) is 9.84. The highest BCUT2D eigenvalue weighted by atomic mass is 16.5. The van der Waals surface area contributed by atoms with Gasteiger partial charge in [-0.1, -0.05) is 132 Å². The van der Waals surface area contributed by atoms with Crippen LogP contribution in [0.2, 0.25) is 0 Å². The van der Waals surface area contributed by atoms with Crippen LogP contribution in [0.25, 0.3) is 11.6 Å². The van der Waals surface area contributed by atoms with E-state index in [1.165, 1.54) is 77.0 Å². The molecule has 2 aromatic rings. The summed E-state index contributed by atoms with van der Waals surface area (Å²) in [5.74, 6) is 3.28. The Balaban J connectivity index is 1.11. The minimum absolute atomic E-state index is 0.0386. The first-order valence-corrected chi connectivity index (χ1v) is 18.1. The molecule has 44 heavy (non-hydrogen) atoms. The number of rotatable bonds is 11. The molecule has 0 aromatic heterocycles. The van der Waals surface area contributed by atoms with Gasteiger partial charge in [0, 0.05) is 6.42 Å². The Morgan fingerprint density at radius 2 is 1.57 bits per heavy atom. The largest absolute Gasteiger partial charge is 0.458 e. The Morgan fingerprint density at radius 1 is 0.841 bits per heavy atom. The number of unbranched alkanes of at least 4 members (excludes halogenated alkanes) is 5. The number of carbonyl (C=O) groups excluding carboxylic acids is 1. The molecule has 236 valence electrons. The molecular formula is C42H56O2. The summed E-state index contributed by atoms with van der Waals surface area (Å²) in [4.78, 5) is 13.7. The molecule has 0 spiro atoms. The summed E-state index contributed by atoms with van der Waals surface area (Å²) in [6.07, 6.45) is 24.5. The Morgan fingerprint density at radius 3 is 2.34 bits per heavy atom. The SMILES string of the molecule is CCCCCCCC[C@H]1CC[C@H]2[C@@H]3CC=C4C[C@@H](OC(=O)/C(=C/c5ccccc5)c5ccccc5)CC[C@]4(C)[C@H]3CC[C@]12C. The summed E-state index contributed by atoms with van der Waals surface area (Å²) in [7, 11) is 0. The highest BCUT2D eigenvalue weighted by Gasteiger charge is 2.58. The quantitative estimate of drug-likeness (QED) is 0.0853. The van der Waals surface area contributed by atoms with E-state index in [0.717, 1.165) is 54.1 Å². The lowest BCUT2D eigenvalue weighted by atomic mass is 9.47. The predicted octanol–water partition coefficient (Wildman–Crippen LogP) is 11.5. The van der Waals surface area contributed by atoms with E-state index in [-0.39, 0.29) is 17.5 Å². The fourth-order valence-electron chi connectivity index (χ4n) is 10.3. The number of carbonyl (C=O) groups is 1. The van der Waals surface area contributed by atoms with Gasteiger partial charge in [0.15, 0.2) is 0 Å². The molecule has 6 rings (SSSR count). The maximum Gasteiger partial charge on any atom is 0.339 e. The lowest BCUT2D eigenvalue weighted by Gasteiger charge is -2.58. The number of esters is 1. The maximum absolute atomic E-state index is 13.7. The van der Waals surface area contributed by atoms with E-state index in [0.29, 0.717) is 11.0 Å². The molecular weight excluding hydrogens is 536 g/mol. The molecule has 2 heteroatoms. The van der Waals surface area contributed by atoms with Gasteiger partial charge in [-0.25, -0.2) is 4.79 Å². The molecule has 0 unspecified atom stereocenters. The molecule has 0 bridgehead atoms. The van der Waals surface area contributed by atoms with Crippen LogP contribution in [-0.2, 0) is 9.53 Å². The highest BCUT2D eigenvalue weighted by Crippen LogP contribution is 2.66. The van der Waals surface area contributed by atoms with Crippen molar-refractivity contribution in [1.29, 1.82) is 0 Å². The van der Waals surface area contributed by atoms with Crippen LogP contribution in [0.3, 0.4) is 0 Å². The lowest BCUT2D eigenvalue weighted by Crippen LogP contribution is -2.50. The maximum atomic E-state index is 13.7. The van der Waals surface area contributed by atoms with Gasteiger partial charge in [0.2, 0.25) is 0 Å². The van der Waals surface area contributed by atoms with Crippen LogP contribution < -0.4 is 0 Å². The molecule has 7 atom stereocenters. The van der Waals surface area contributed by atoms with Gasteiger partial charge in [-0.05, 0) is 103 Å². The molecule has 0 N–H and O–H groups in total. The highest BCUT2D eigenvalue weighted by molar-refractivity contribution is 6.21. The normalized spacial score (nSPS) is 33.1. The third-order valence-corrected chi connectivity index (χ3v) is 12.9. The second kappa shape index (κ2) is 13.8. The van der Waals surface area contributed by atoms with Crippen LogP contribution >= 0.6 is 0 Å². The van der Waals surface area contributed by atoms with Crippen LogP contribution in [0.1, 0.15) is 128 Å². The van der Waals surface area contributed by atoms with Crippen LogP contribution in [0.5, 0.6) is 0 Å². The van der Waals surface area contributed by atoms with Crippen LogP contribution in [0, 0.1) is 34.5 Å². The molecule has 3 fully saturated rings. The number of benzene rings is 2. The number of allylic oxidation sites excluding steroid dienone is 1. The summed E-state index contributed by atoms with van der Waals surface area (Å²) in [5.41, 5.74) is 4.99. The van der Waals surface area contributed by atoms with Crippen molar-refractivity contribution >= 4 is 17.6 Å². The Bertz CT molecular complexity index is 1310. The van der Waals surface area contributed by atoms with Gasteiger partial charge in [-0.3, -0.25) is 0 Å². The molecule has 2 aromatic carbocycles. The van der Waals surface area contributed by atoms with E-state index >= 15 is 0 Å². The Labute approximate surface area is 267 Å². The number of fused-ring (bicyclic) bond motifs is 5. The zero-order chi connectivity index (χ0) is 30.6. The number of hydrogen-bond donors (Lipinski definition) is 0. The minimum atomic E-state index is -0.196. The fraction of sp³-hybridized carbons (Fsp3) is 0.595. The van der Waals surface area contributed by atoms with Gasteiger partial charge in [-0.15, -0.1) is 0 Å². The van der Waals surface area contributed by atoms with Gasteiger partial charge in [0.1, 0.15) is 6.10 Å². The average molecular weight is 593 g/mol.